The lowest BCUT2D eigenvalue weighted by atomic mass is 9.96. The number of rotatable bonds is 10. The van der Waals surface area contributed by atoms with Gasteiger partial charge in [-0.25, -0.2) is 0 Å². The molecule has 164 valence electrons. The number of aryl methyl sites for hydroxylation is 1. The van der Waals surface area contributed by atoms with Crippen LogP contribution in [0, 0.1) is 11.8 Å². The quantitative estimate of drug-likeness (QED) is 0.346. The zero-order valence-electron chi connectivity index (χ0n) is 17.7. The number of hydrogen-bond acceptors (Lipinski definition) is 7. The third kappa shape index (κ3) is 6.68. The van der Waals surface area contributed by atoms with E-state index in [1.807, 2.05) is 30.8 Å². The van der Waals surface area contributed by atoms with E-state index in [-0.39, 0.29) is 29.4 Å². The van der Waals surface area contributed by atoms with E-state index in [1.165, 1.54) is 24.6 Å². The molecule has 2 aromatic rings. The molecule has 1 saturated carbocycles. The second kappa shape index (κ2) is 11.3. The first-order valence-electron chi connectivity index (χ1n) is 10.8. The highest BCUT2D eigenvalue weighted by Crippen LogP contribution is 2.24. The summed E-state index contributed by atoms with van der Waals surface area (Å²) in [5, 5.41) is 15.4. The van der Waals surface area contributed by atoms with E-state index in [1.54, 1.807) is 6.20 Å². The Hall–Kier alpha value is -2.16. The fourth-order valence-corrected chi connectivity index (χ4v) is 4.40. The Morgan fingerprint density at radius 3 is 2.67 bits per heavy atom. The van der Waals surface area contributed by atoms with Crippen molar-refractivity contribution in [3.8, 4) is 0 Å². The Morgan fingerprint density at radius 1 is 1.23 bits per heavy atom. The van der Waals surface area contributed by atoms with Gasteiger partial charge in [0.05, 0.1) is 12.6 Å². The van der Waals surface area contributed by atoms with Crippen LogP contribution in [0.4, 0.5) is 0 Å². The van der Waals surface area contributed by atoms with Gasteiger partial charge in [0, 0.05) is 24.1 Å². The fraction of sp³-hybridized carbons (Fsp3) is 0.667. The number of ketones is 1. The van der Waals surface area contributed by atoms with E-state index < -0.39 is 6.04 Å². The lowest BCUT2D eigenvalue weighted by molar-refractivity contribution is -0.126. The minimum absolute atomic E-state index is 0.00828. The summed E-state index contributed by atoms with van der Waals surface area (Å²) in [5.41, 5.74) is 0. The van der Waals surface area contributed by atoms with Crippen LogP contribution in [0.5, 0.6) is 0 Å². The molecule has 1 amide bonds. The van der Waals surface area contributed by atoms with E-state index in [0.29, 0.717) is 23.9 Å². The molecule has 1 aliphatic rings. The molecule has 1 atom stereocenters. The van der Waals surface area contributed by atoms with Gasteiger partial charge < -0.3 is 9.73 Å². The number of carbonyl (C=O) groups excluding carboxylic acids is 2. The maximum atomic E-state index is 13.0. The van der Waals surface area contributed by atoms with E-state index in [4.69, 9.17) is 4.42 Å². The molecular formula is C21H31N5O3S. The second-order valence-electron chi connectivity index (χ2n) is 8.23. The average Bonchev–Trinajstić information content (AvgIpc) is 3.33. The Kier molecular flexibility index (Phi) is 8.48. The fourth-order valence-electron chi connectivity index (χ4n) is 3.71. The molecule has 0 aromatic carbocycles. The van der Waals surface area contributed by atoms with Crippen molar-refractivity contribution in [1.82, 2.24) is 25.3 Å². The van der Waals surface area contributed by atoms with Crippen LogP contribution in [0.3, 0.4) is 0 Å². The lowest BCUT2D eigenvalue weighted by Gasteiger charge is -2.21. The molecule has 0 aliphatic heterocycles. The van der Waals surface area contributed by atoms with Gasteiger partial charge in [-0.05, 0) is 31.2 Å². The van der Waals surface area contributed by atoms with Crippen molar-refractivity contribution in [2.45, 2.75) is 76.6 Å². The first-order chi connectivity index (χ1) is 14.5. The number of nitrogens with one attached hydrogen (secondary N) is 1. The third-order valence-corrected chi connectivity index (χ3v) is 6.09. The van der Waals surface area contributed by atoms with Crippen LogP contribution in [0.1, 0.15) is 69.5 Å². The number of hydrogen-bond donors (Lipinski definition) is 1. The number of thioether (sulfide) groups is 1. The summed E-state index contributed by atoms with van der Waals surface area (Å²) in [6.07, 6.45) is 10.5. The maximum Gasteiger partial charge on any atom is 0.286 e. The Labute approximate surface area is 181 Å². The van der Waals surface area contributed by atoms with Crippen molar-refractivity contribution < 1.29 is 14.0 Å². The van der Waals surface area contributed by atoms with E-state index in [9.17, 15) is 9.59 Å². The van der Waals surface area contributed by atoms with Crippen molar-refractivity contribution >= 4 is 23.5 Å². The minimum Gasteiger partial charge on any atom is -0.408 e. The largest absolute Gasteiger partial charge is 0.408 e. The molecule has 0 unspecified atom stereocenters. The van der Waals surface area contributed by atoms with E-state index in [2.05, 4.69) is 20.6 Å². The average molecular weight is 434 g/mol. The minimum atomic E-state index is -0.636. The first-order valence-corrected chi connectivity index (χ1v) is 11.8. The second-order valence-corrected chi connectivity index (χ2v) is 9.28. The van der Waals surface area contributed by atoms with Crippen molar-refractivity contribution in [2.75, 3.05) is 5.75 Å². The molecule has 2 aromatic heterocycles. The van der Waals surface area contributed by atoms with Crippen molar-refractivity contribution in [3.05, 3.63) is 24.4 Å². The Morgan fingerprint density at radius 2 is 2.00 bits per heavy atom. The van der Waals surface area contributed by atoms with Gasteiger partial charge in [0.2, 0.25) is 11.7 Å². The molecule has 8 nitrogen and oxygen atoms in total. The van der Waals surface area contributed by atoms with E-state index >= 15 is 0 Å². The van der Waals surface area contributed by atoms with Crippen molar-refractivity contribution in [1.29, 1.82) is 0 Å². The molecule has 1 fully saturated rings. The van der Waals surface area contributed by atoms with Crippen LogP contribution >= 0.6 is 11.8 Å². The summed E-state index contributed by atoms with van der Waals surface area (Å²) in [4.78, 5) is 25.8. The number of amides is 1. The van der Waals surface area contributed by atoms with Crippen molar-refractivity contribution in [2.24, 2.45) is 11.8 Å². The summed E-state index contributed by atoms with van der Waals surface area (Å²) < 4.78 is 7.40. The molecule has 3 rings (SSSR count). The first kappa shape index (κ1) is 22.5. The van der Waals surface area contributed by atoms with E-state index in [0.717, 1.165) is 25.7 Å². The predicted octanol–water partition coefficient (Wildman–Crippen LogP) is 3.74. The molecule has 1 N–H and O–H groups in total. The van der Waals surface area contributed by atoms with Crippen LogP contribution in [-0.2, 0) is 11.3 Å². The van der Waals surface area contributed by atoms with Gasteiger partial charge in [0.1, 0.15) is 0 Å². The molecule has 1 aliphatic carbocycles. The van der Waals surface area contributed by atoms with Gasteiger partial charge in [0.15, 0.2) is 0 Å². The zero-order chi connectivity index (χ0) is 21.3. The monoisotopic (exact) mass is 433 g/mol. The summed E-state index contributed by atoms with van der Waals surface area (Å²) >= 11 is 1.38. The van der Waals surface area contributed by atoms with Gasteiger partial charge in [-0.15, -0.1) is 10.2 Å². The highest BCUT2D eigenvalue weighted by molar-refractivity contribution is 7.99. The number of aromatic nitrogens is 4. The number of Topliss-reactive ketones (excluding diaryl/α,β-unsaturated/α-hetero) is 1. The standard InChI is InChI=1S/C21H31N5O3S/c1-15(2)14-17(23-19(28)16-8-5-3-4-6-9-16)18(27)20-24-25-21(29-20)30-13-12-26-11-7-10-22-26/h7,10-11,15-17H,3-6,8-9,12-14H2,1-2H3,(H,23,28)/t17-/m0/s1. The third-order valence-electron chi connectivity index (χ3n) is 5.29. The number of carbonyl (C=O) groups is 2. The van der Waals surface area contributed by atoms with Crippen LogP contribution in [0.15, 0.2) is 28.1 Å². The lowest BCUT2D eigenvalue weighted by Crippen LogP contribution is -2.44. The predicted molar refractivity (Wildman–Crippen MR) is 114 cm³/mol. The SMILES string of the molecule is CC(C)C[C@H](NC(=O)C1CCCCCC1)C(=O)c1nnc(SCCn2cccn2)o1. The molecule has 0 bridgehead atoms. The van der Waals surface area contributed by atoms with Crippen LogP contribution in [-0.4, -0.2) is 43.5 Å². The molecule has 2 heterocycles. The van der Waals surface area contributed by atoms with Crippen LogP contribution in [0.25, 0.3) is 0 Å². The van der Waals surface area contributed by atoms with Gasteiger partial charge in [-0.2, -0.15) is 5.10 Å². The summed E-state index contributed by atoms with van der Waals surface area (Å²) in [7, 11) is 0. The molecule has 30 heavy (non-hydrogen) atoms. The zero-order valence-corrected chi connectivity index (χ0v) is 18.6. The van der Waals surface area contributed by atoms with Crippen LogP contribution in [0.2, 0.25) is 0 Å². The molecule has 0 saturated heterocycles. The van der Waals surface area contributed by atoms with Gasteiger partial charge >= 0.3 is 0 Å². The molecule has 9 heteroatoms. The van der Waals surface area contributed by atoms with Crippen molar-refractivity contribution in [3.63, 3.8) is 0 Å². The van der Waals surface area contributed by atoms with Gasteiger partial charge in [0.25, 0.3) is 11.1 Å². The van der Waals surface area contributed by atoms with Gasteiger partial charge in [-0.1, -0.05) is 51.3 Å². The maximum absolute atomic E-state index is 13.0. The Bertz CT molecular complexity index is 797. The topological polar surface area (TPSA) is 103 Å². The highest BCUT2D eigenvalue weighted by Gasteiger charge is 2.30. The number of nitrogens with zero attached hydrogens (tertiary/aromatic N) is 4. The molecular weight excluding hydrogens is 402 g/mol. The Balaban J connectivity index is 1.58. The summed E-state index contributed by atoms with van der Waals surface area (Å²) in [6.45, 7) is 4.77. The molecule has 0 radical (unpaired) electrons. The van der Waals surface area contributed by atoms with Crippen LogP contribution < -0.4 is 5.32 Å². The smallest absolute Gasteiger partial charge is 0.286 e. The molecule has 0 spiro atoms. The summed E-state index contributed by atoms with van der Waals surface area (Å²) in [6, 6.07) is 1.23. The van der Waals surface area contributed by atoms with Gasteiger partial charge in [-0.3, -0.25) is 14.3 Å². The highest BCUT2D eigenvalue weighted by atomic mass is 32.2. The normalized spacial score (nSPS) is 16.4. The summed E-state index contributed by atoms with van der Waals surface area (Å²) in [5.74, 6) is 0.570.